The van der Waals surface area contributed by atoms with Gasteiger partial charge in [-0.05, 0) is 59.5 Å². The first-order valence-electron chi connectivity index (χ1n) is 8.05. The SMILES string of the molecule is Nc1ccc(C(=O)N2Cc3ccccc3C=C3CC=CC=C32)cc1. The number of carbonyl (C=O) groups excluding carboxylic acids is 1. The second-order valence-corrected chi connectivity index (χ2v) is 6.07. The van der Waals surface area contributed by atoms with Crippen LogP contribution in [0.25, 0.3) is 6.08 Å². The molecule has 0 fully saturated rings. The molecule has 0 spiro atoms. The van der Waals surface area contributed by atoms with E-state index in [0.29, 0.717) is 17.8 Å². The quantitative estimate of drug-likeness (QED) is 0.804. The summed E-state index contributed by atoms with van der Waals surface area (Å²) in [5.41, 5.74) is 11.5. The lowest BCUT2D eigenvalue weighted by molar-refractivity contribution is 0.0800. The summed E-state index contributed by atoms with van der Waals surface area (Å²) in [7, 11) is 0. The van der Waals surface area contributed by atoms with Gasteiger partial charge in [-0.25, -0.2) is 0 Å². The summed E-state index contributed by atoms with van der Waals surface area (Å²) >= 11 is 0. The minimum absolute atomic E-state index is 0.000784. The molecule has 0 bridgehead atoms. The number of nitrogens with two attached hydrogens (primary N) is 1. The molecule has 2 aromatic carbocycles. The zero-order valence-corrected chi connectivity index (χ0v) is 13.3. The van der Waals surface area contributed by atoms with Crippen LogP contribution in [0.1, 0.15) is 27.9 Å². The Balaban J connectivity index is 1.80. The summed E-state index contributed by atoms with van der Waals surface area (Å²) in [6.07, 6.45) is 9.20. The molecule has 24 heavy (non-hydrogen) atoms. The van der Waals surface area contributed by atoms with Crippen molar-refractivity contribution in [2.75, 3.05) is 5.73 Å². The predicted molar refractivity (Wildman–Crippen MR) is 97.0 cm³/mol. The molecule has 0 aromatic heterocycles. The Bertz CT molecular complexity index is 888. The van der Waals surface area contributed by atoms with Crippen LogP contribution in [0.4, 0.5) is 5.69 Å². The summed E-state index contributed by atoms with van der Waals surface area (Å²) < 4.78 is 0. The molecule has 3 nitrogen and oxygen atoms in total. The molecule has 0 saturated heterocycles. The van der Waals surface area contributed by atoms with E-state index in [1.807, 2.05) is 29.2 Å². The lowest BCUT2D eigenvalue weighted by atomic mass is 10.0. The number of carbonyl (C=O) groups is 1. The van der Waals surface area contributed by atoms with Crippen LogP contribution < -0.4 is 5.73 Å². The Hall–Kier alpha value is -3.07. The van der Waals surface area contributed by atoms with Gasteiger partial charge in [0.15, 0.2) is 0 Å². The summed E-state index contributed by atoms with van der Waals surface area (Å²) in [6.45, 7) is 0.569. The van der Waals surface area contributed by atoms with Crippen LogP contribution in [-0.2, 0) is 6.54 Å². The van der Waals surface area contributed by atoms with Crippen molar-refractivity contribution >= 4 is 17.7 Å². The van der Waals surface area contributed by atoms with E-state index < -0.39 is 0 Å². The Morgan fingerprint density at radius 1 is 1.04 bits per heavy atom. The standard InChI is InChI=1S/C21H18N2O/c22-19-11-9-15(10-12-19)21(24)23-14-18-7-2-1-5-16(18)13-17-6-3-4-8-20(17)23/h1-5,7-13H,6,14,22H2. The number of hydrogen-bond donors (Lipinski definition) is 1. The summed E-state index contributed by atoms with van der Waals surface area (Å²) in [5, 5.41) is 0. The van der Waals surface area contributed by atoms with Crippen LogP contribution in [0.15, 0.2) is 78.0 Å². The number of rotatable bonds is 1. The van der Waals surface area contributed by atoms with Gasteiger partial charge < -0.3 is 10.6 Å². The first-order valence-corrected chi connectivity index (χ1v) is 8.05. The third-order valence-corrected chi connectivity index (χ3v) is 4.46. The molecule has 118 valence electrons. The van der Waals surface area contributed by atoms with Crippen LogP contribution in [0.3, 0.4) is 0 Å². The van der Waals surface area contributed by atoms with Gasteiger partial charge in [0.1, 0.15) is 0 Å². The van der Waals surface area contributed by atoms with E-state index in [4.69, 9.17) is 5.73 Å². The molecule has 2 aliphatic rings. The third kappa shape index (κ3) is 2.54. The molecule has 2 aromatic rings. The lowest BCUT2D eigenvalue weighted by Gasteiger charge is -2.27. The number of nitrogens with zero attached hydrogens (tertiary/aromatic N) is 1. The van der Waals surface area contributed by atoms with Gasteiger partial charge in [-0.3, -0.25) is 4.79 Å². The van der Waals surface area contributed by atoms with E-state index in [-0.39, 0.29) is 5.91 Å². The van der Waals surface area contributed by atoms with Crippen molar-refractivity contribution in [1.29, 1.82) is 0 Å². The van der Waals surface area contributed by atoms with E-state index in [2.05, 4.69) is 24.3 Å². The molecular weight excluding hydrogens is 296 g/mol. The smallest absolute Gasteiger partial charge is 0.258 e. The van der Waals surface area contributed by atoms with Gasteiger partial charge in [0.25, 0.3) is 5.91 Å². The maximum Gasteiger partial charge on any atom is 0.258 e. The molecule has 0 saturated carbocycles. The Morgan fingerprint density at radius 3 is 2.67 bits per heavy atom. The molecule has 1 aliphatic heterocycles. The van der Waals surface area contributed by atoms with Gasteiger partial charge in [0.05, 0.1) is 6.54 Å². The number of hydrogen-bond acceptors (Lipinski definition) is 2. The fraction of sp³-hybridized carbons (Fsp3) is 0.0952. The van der Waals surface area contributed by atoms with Gasteiger partial charge in [-0.1, -0.05) is 36.4 Å². The first kappa shape index (κ1) is 14.5. The molecule has 1 aliphatic carbocycles. The van der Waals surface area contributed by atoms with Crippen LogP contribution in [0.2, 0.25) is 0 Å². The number of allylic oxidation sites excluding steroid dienone is 4. The summed E-state index contributed by atoms with van der Waals surface area (Å²) in [5.74, 6) is -0.000784. The van der Waals surface area contributed by atoms with Crippen molar-refractivity contribution in [3.05, 3.63) is 94.7 Å². The lowest BCUT2D eigenvalue weighted by Crippen LogP contribution is -2.30. The van der Waals surface area contributed by atoms with E-state index >= 15 is 0 Å². The van der Waals surface area contributed by atoms with Gasteiger partial charge in [-0.15, -0.1) is 0 Å². The fourth-order valence-corrected chi connectivity index (χ4v) is 3.19. The average molecular weight is 314 g/mol. The number of fused-ring (bicyclic) bond motifs is 2. The monoisotopic (exact) mass is 314 g/mol. The fourth-order valence-electron chi connectivity index (χ4n) is 3.19. The second kappa shape index (κ2) is 5.85. The summed E-state index contributed by atoms with van der Waals surface area (Å²) in [6, 6.07) is 15.4. The predicted octanol–water partition coefficient (Wildman–Crippen LogP) is 4.15. The topological polar surface area (TPSA) is 46.3 Å². The number of benzene rings is 2. The van der Waals surface area contributed by atoms with Gasteiger partial charge >= 0.3 is 0 Å². The molecular formula is C21H18N2O. The van der Waals surface area contributed by atoms with Gasteiger partial charge in [0, 0.05) is 16.9 Å². The maximum atomic E-state index is 13.1. The highest BCUT2D eigenvalue weighted by molar-refractivity contribution is 5.96. The Morgan fingerprint density at radius 2 is 1.83 bits per heavy atom. The normalized spacial score (nSPS) is 15.8. The highest BCUT2D eigenvalue weighted by Crippen LogP contribution is 2.32. The molecule has 1 heterocycles. The highest BCUT2D eigenvalue weighted by atomic mass is 16.2. The Kier molecular flexibility index (Phi) is 3.54. The second-order valence-electron chi connectivity index (χ2n) is 6.07. The molecule has 0 unspecified atom stereocenters. The largest absolute Gasteiger partial charge is 0.399 e. The molecule has 4 rings (SSSR count). The van der Waals surface area contributed by atoms with Crippen molar-refractivity contribution in [3.8, 4) is 0 Å². The minimum atomic E-state index is -0.000784. The highest BCUT2D eigenvalue weighted by Gasteiger charge is 2.26. The van der Waals surface area contributed by atoms with Crippen molar-refractivity contribution in [2.24, 2.45) is 0 Å². The van der Waals surface area contributed by atoms with Crippen LogP contribution in [0, 0.1) is 0 Å². The number of nitrogen functional groups attached to an aromatic ring is 1. The average Bonchev–Trinajstić information content (AvgIpc) is 2.78. The Labute approximate surface area is 141 Å². The van der Waals surface area contributed by atoms with Crippen LogP contribution >= 0.6 is 0 Å². The van der Waals surface area contributed by atoms with Crippen molar-refractivity contribution in [3.63, 3.8) is 0 Å². The van der Waals surface area contributed by atoms with E-state index in [1.165, 1.54) is 11.1 Å². The van der Waals surface area contributed by atoms with Gasteiger partial charge in [-0.2, -0.15) is 0 Å². The van der Waals surface area contributed by atoms with Crippen molar-refractivity contribution < 1.29 is 4.79 Å². The zero-order chi connectivity index (χ0) is 16.5. The van der Waals surface area contributed by atoms with E-state index in [1.54, 1.807) is 24.3 Å². The van der Waals surface area contributed by atoms with Gasteiger partial charge in [0.2, 0.25) is 0 Å². The molecule has 0 radical (unpaired) electrons. The third-order valence-electron chi connectivity index (χ3n) is 4.46. The molecule has 1 amide bonds. The van der Waals surface area contributed by atoms with Crippen molar-refractivity contribution in [1.82, 2.24) is 4.90 Å². The summed E-state index contributed by atoms with van der Waals surface area (Å²) in [4.78, 5) is 15.0. The molecule has 2 N–H and O–H groups in total. The first-order chi connectivity index (χ1) is 11.7. The number of amides is 1. The number of anilines is 1. The van der Waals surface area contributed by atoms with Crippen LogP contribution in [-0.4, -0.2) is 10.8 Å². The molecule has 3 heteroatoms. The molecule has 0 atom stereocenters. The van der Waals surface area contributed by atoms with E-state index in [0.717, 1.165) is 17.7 Å². The van der Waals surface area contributed by atoms with Crippen molar-refractivity contribution in [2.45, 2.75) is 13.0 Å². The van der Waals surface area contributed by atoms with Crippen LogP contribution in [0.5, 0.6) is 0 Å². The maximum absolute atomic E-state index is 13.1. The van der Waals surface area contributed by atoms with E-state index in [9.17, 15) is 4.79 Å². The minimum Gasteiger partial charge on any atom is -0.399 e. The zero-order valence-electron chi connectivity index (χ0n) is 13.3.